The van der Waals surface area contributed by atoms with Gasteiger partial charge in [0.2, 0.25) is 0 Å². The number of ether oxygens (including phenoxy) is 1. The zero-order valence-corrected chi connectivity index (χ0v) is 12.9. The van der Waals surface area contributed by atoms with E-state index in [-0.39, 0.29) is 0 Å². The van der Waals surface area contributed by atoms with Crippen molar-refractivity contribution in [3.8, 4) is 5.75 Å². The molecule has 0 aliphatic rings. The molecule has 0 aliphatic carbocycles. The van der Waals surface area contributed by atoms with Crippen molar-refractivity contribution in [2.45, 2.75) is 26.5 Å². The van der Waals surface area contributed by atoms with Gasteiger partial charge in [0.15, 0.2) is 0 Å². The van der Waals surface area contributed by atoms with Crippen molar-refractivity contribution in [1.29, 1.82) is 0 Å². The molecule has 3 heteroatoms. The standard InChI is InChI=1S/C18H23NO2/c1-13-4-7-16(8-5-13)17(20)12-19-11-15-6-9-18(21-3)14(2)10-15/h4-10,17,19-20H,11-12H2,1-3H3. The predicted octanol–water partition coefficient (Wildman–Crippen LogP) is 3.14. The number of aryl methyl sites for hydroxylation is 2. The number of rotatable bonds is 6. The van der Waals surface area contributed by atoms with E-state index in [4.69, 9.17) is 4.74 Å². The third-order valence-corrected chi connectivity index (χ3v) is 3.59. The van der Waals surface area contributed by atoms with Gasteiger partial charge in [0.1, 0.15) is 5.75 Å². The fourth-order valence-corrected chi connectivity index (χ4v) is 2.31. The number of benzene rings is 2. The molecule has 21 heavy (non-hydrogen) atoms. The molecule has 112 valence electrons. The Morgan fingerprint density at radius 1 is 1.10 bits per heavy atom. The lowest BCUT2D eigenvalue weighted by Crippen LogP contribution is -2.21. The molecule has 1 atom stereocenters. The second kappa shape index (κ2) is 7.25. The molecule has 0 aliphatic heterocycles. The number of methoxy groups -OCH3 is 1. The Balaban J connectivity index is 1.86. The quantitative estimate of drug-likeness (QED) is 0.857. The minimum atomic E-state index is -0.482. The highest BCUT2D eigenvalue weighted by Gasteiger charge is 2.07. The van der Waals surface area contributed by atoms with Crippen LogP contribution in [0.4, 0.5) is 0 Å². The van der Waals surface area contributed by atoms with E-state index in [2.05, 4.69) is 11.4 Å². The average Bonchev–Trinajstić information content (AvgIpc) is 2.48. The molecule has 0 heterocycles. The first-order valence-corrected chi connectivity index (χ1v) is 7.19. The number of aliphatic hydroxyl groups is 1. The van der Waals surface area contributed by atoms with Gasteiger partial charge in [-0.1, -0.05) is 42.0 Å². The molecule has 0 amide bonds. The molecule has 0 spiro atoms. The van der Waals surface area contributed by atoms with Crippen LogP contribution in [0.25, 0.3) is 0 Å². The molecule has 0 bridgehead atoms. The summed E-state index contributed by atoms with van der Waals surface area (Å²) in [5.74, 6) is 0.901. The third-order valence-electron chi connectivity index (χ3n) is 3.59. The molecule has 0 fully saturated rings. The van der Waals surface area contributed by atoms with E-state index in [1.807, 2.05) is 50.2 Å². The molecule has 2 aromatic rings. The van der Waals surface area contributed by atoms with E-state index in [1.54, 1.807) is 7.11 Å². The molecule has 2 rings (SSSR count). The van der Waals surface area contributed by atoms with Gasteiger partial charge in [0, 0.05) is 13.1 Å². The van der Waals surface area contributed by atoms with Crippen molar-refractivity contribution in [1.82, 2.24) is 5.32 Å². The molecule has 0 saturated carbocycles. The number of aliphatic hydroxyl groups excluding tert-OH is 1. The Bertz CT molecular complexity index is 578. The van der Waals surface area contributed by atoms with Crippen LogP contribution in [-0.2, 0) is 6.54 Å². The summed E-state index contributed by atoms with van der Waals surface area (Å²) in [4.78, 5) is 0. The molecule has 2 N–H and O–H groups in total. The van der Waals surface area contributed by atoms with Gasteiger partial charge in [-0.25, -0.2) is 0 Å². The average molecular weight is 285 g/mol. The molecule has 0 saturated heterocycles. The molecule has 1 unspecified atom stereocenters. The van der Waals surface area contributed by atoms with E-state index < -0.39 is 6.10 Å². The second-order valence-corrected chi connectivity index (χ2v) is 5.36. The summed E-state index contributed by atoms with van der Waals surface area (Å²) in [5, 5.41) is 13.4. The van der Waals surface area contributed by atoms with E-state index in [1.165, 1.54) is 11.1 Å². The van der Waals surface area contributed by atoms with Crippen molar-refractivity contribution >= 4 is 0 Å². The summed E-state index contributed by atoms with van der Waals surface area (Å²) in [7, 11) is 1.68. The van der Waals surface area contributed by atoms with Gasteiger partial charge in [-0.2, -0.15) is 0 Å². The molecule has 0 aromatic heterocycles. The number of hydrogen-bond acceptors (Lipinski definition) is 3. The van der Waals surface area contributed by atoms with Gasteiger partial charge in [-0.15, -0.1) is 0 Å². The van der Waals surface area contributed by atoms with Gasteiger partial charge in [0.25, 0.3) is 0 Å². The highest BCUT2D eigenvalue weighted by Crippen LogP contribution is 2.18. The van der Waals surface area contributed by atoms with Crippen LogP contribution >= 0.6 is 0 Å². The van der Waals surface area contributed by atoms with Gasteiger partial charge >= 0.3 is 0 Å². The smallest absolute Gasteiger partial charge is 0.121 e. The van der Waals surface area contributed by atoms with Crippen molar-refractivity contribution < 1.29 is 9.84 Å². The summed E-state index contributed by atoms with van der Waals surface area (Å²) < 4.78 is 5.25. The highest BCUT2D eigenvalue weighted by atomic mass is 16.5. The van der Waals surface area contributed by atoms with Crippen molar-refractivity contribution in [2.75, 3.05) is 13.7 Å². The Morgan fingerprint density at radius 3 is 2.43 bits per heavy atom. The van der Waals surface area contributed by atoms with E-state index in [0.717, 1.165) is 23.4 Å². The van der Waals surface area contributed by atoms with Crippen molar-refractivity contribution in [2.24, 2.45) is 0 Å². The summed E-state index contributed by atoms with van der Waals surface area (Å²) in [6, 6.07) is 14.1. The fraction of sp³-hybridized carbons (Fsp3) is 0.333. The van der Waals surface area contributed by atoms with E-state index >= 15 is 0 Å². The van der Waals surface area contributed by atoms with Crippen LogP contribution in [-0.4, -0.2) is 18.8 Å². The highest BCUT2D eigenvalue weighted by molar-refractivity contribution is 5.36. The van der Waals surface area contributed by atoms with Crippen LogP contribution < -0.4 is 10.1 Å². The normalized spacial score (nSPS) is 12.2. The van der Waals surface area contributed by atoms with Crippen molar-refractivity contribution in [3.63, 3.8) is 0 Å². The zero-order valence-electron chi connectivity index (χ0n) is 12.9. The lowest BCUT2D eigenvalue weighted by atomic mass is 10.1. The van der Waals surface area contributed by atoms with Crippen molar-refractivity contribution in [3.05, 3.63) is 64.7 Å². The Kier molecular flexibility index (Phi) is 5.37. The maximum absolute atomic E-state index is 10.1. The minimum Gasteiger partial charge on any atom is -0.496 e. The van der Waals surface area contributed by atoms with Gasteiger partial charge in [0.05, 0.1) is 13.2 Å². The topological polar surface area (TPSA) is 41.5 Å². The largest absolute Gasteiger partial charge is 0.496 e. The maximum atomic E-state index is 10.1. The molecule has 2 aromatic carbocycles. The summed E-state index contributed by atoms with van der Waals surface area (Å²) >= 11 is 0. The first kappa shape index (κ1) is 15.5. The maximum Gasteiger partial charge on any atom is 0.121 e. The van der Waals surface area contributed by atoms with Crippen LogP contribution in [0.3, 0.4) is 0 Å². The SMILES string of the molecule is COc1ccc(CNCC(O)c2ccc(C)cc2)cc1C. The predicted molar refractivity (Wildman–Crippen MR) is 85.6 cm³/mol. The van der Waals surface area contributed by atoms with Crippen LogP contribution in [0.1, 0.15) is 28.4 Å². The summed E-state index contributed by atoms with van der Waals surface area (Å²) in [6.07, 6.45) is -0.482. The first-order chi connectivity index (χ1) is 10.1. The number of hydrogen-bond donors (Lipinski definition) is 2. The monoisotopic (exact) mass is 285 g/mol. The fourth-order valence-electron chi connectivity index (χ4n) is 2.31. The summed E-state index contributed by atoms with van der Waals surface area (Å²) in [6.45, 7) is 5.34. The summed E-state index contributed by atoms with van der Waals surface area (Å²) in [5.41, 5.74) is 4.45. The first-order valence-electron chi connectivity index (χ1n) is 7.19. The van der Waals surface area contributed by atoms with Crippen LogP contribution in [0, 0.1) is 13.8 Å². The molecular formula is C18H23NO2. The second-order valence-electron chi connectivity index (χ2n) is 5.36. The lowest BCUT2D eigenvalue weighted by Gasteiger charge is -2.13. The van der Waals surface area contributed by atoms with E-state index in [0.29, 0.717) is 6.54 Å². The van der Waals surface area contributed by atoms with E-state index in [9.17, 15) is 5.11 Å². The molecule has 3 nitrogen and oxygen atoms in total. The minimum absolute atomic E-state index is 0.482. The number of nitrogens with one attached hydrogen (secondary N) is 1. The van der Waals surface area contributed by atoms with Crippen LogP contribution in [0.5, 0.6) is 5.75 Å². The lowest BCUT2D eigenvalue weighted by molar-refractivity contribution is 0.174. The van der Waals surface area contributed by atoms with Crippen LogP contribution in [0.15, 0.2) is 42.5 Å². The third kappa shape index (κ3) is 4.31. The molecular weight excluding hydrogens is 262 g/mol. The Morgan fingerprint density at radius 2 is 1.81 bits per heavy atom. The van der Waals surface area contributed by atoms with Crippen LogP contribution in [0.2, 0.25) is 0 Å². The van der Waals surface area contributed by atoms with Gasteiger partial charge in [-0.3, -0.25) is 0 Å². The molecule has 0 radical (unpaired) electrons. The Labute approximate surface area is 126 Å². The van der Waals surface area contributed by atoms with Gasteiger partial charge in [-0.05, 0) is 36.6 Å². The Hall–Kier alpha value is -1.84. The zero-order chi connectivity index (χ0) is 15.2. The van der Waals surface area contributed by atoms with Gasteiger partial charge < -0.3 is 15.2 Å².